The first-order valence-corrected chi connectivity index (χ1v) is 6.55. The molecule has 5 heteroatoms. The number of thioether (sulfide) groups is 1. The third-order valence-corrected chi connectivity index (χ3v) is 3.50. The standard InChI is InChI=1S/C11H18N4S/c1-11(2)3-8-16-10(14-11)13-5-7-15-6-4-12-9-15/h4,6,9H,3,5,7-8H2,1-2H3,(H,13,14). The van der Waals surface area contributed by atoms with Gasteiger partial charge in [0.25, 0.3) is 0 Å². The van der Waals surface area contributed by atoms with Gasteiger partial charge in [-0.2, -0.15) is 0 Å². The van der Waals surface area contributed by atoms with Crippen molar-refractivity contribution in [3.05, 3.63) is 18.7 Å². The quantitative estimate of drug-likeness (QED) is 0.872. The first-order valence-electron chi connectivity index (χ1n) is 5.57. The predicted molar refractivity (Wildman–Crippen MR) is 68.8 cm³/mol. The number of hydrogen-bond donors (Lipinski definition) is 1. The molecule has 0 saturated carbocycles. The van der Waals surface area contributed by atoms with E-state index in [0.717, 1.165) is 24.0 Å². The smallest absolute Gasteiger partial charge is 0.157 e. The highest BCUT2D eigenvalue weighted by Crippen LogP contribution is 2.21. The Balaban J connectivity index is 1.83. The fourth-order valence-electron chi connectivity index (χ4n) is 1.56. The Hall–Kier alpha value is -0.970. The van der Waals surface area contributed by atoms with Crippen LogP contribution in [0.2, 0.25) is 0 Å². The van der Waals surface area contributed by atoms with Crippen molar-refractivity contribution >= 4 is 16.9 Å². The van der Waals surface area contributed by atoms with Crippen LogP contribution in [0.3, 0.4) is 0 Å². The number of aliphatic imine (C=N–C) groups is 1. The van der Waals surface area contributed by atoms with Crippen LogP contribution >= 0.6 is 11.8 Å². The number of nitrogens with one attached hydrogen (secondary N) is 1. The minimum Gasteiger partial charge on any atom is -0.360 e. The lowest BCUT2D eigenvalue weighted by Crippen LogP contribution is -2.46. The minimum absolute atomic E-state index is 0.194. The summed E-state index contributed by atoms with van der Waals surface area (Å²) < 4.78 is 2.04. The van der Waals surface area contributed by atoms with E-state index in [1.54, 1.807) is 6.20 Å². The van der Waals surface area contributed by atoms with E-state index in [1.807, 2.05) is 28.9 Å². The highest BCUT2D eigenvalue weighted by atomic mass is 32.2. The Morgan fingerprint density at radius 3 is 3.19 bits per heavy atom. The van der Waals surface area contributed by atoms with Gasteiger partial charge < -0.3 is 9.88 Å². The van der Waals surface area contributed by atoms with Gasteiger partial charge in [0, 0.05) is 30.2 Å². The van der Waals surface area contributed by atoms with E-state index >= 15 is 0 Å². The van der Waals surface area contributed by atoms with E-state index in [1.165, 1.54) is 6.42 Å². The molecule has 1 saturated heterocycles. The molecule has 0 bridgehead atoms. The van der Waals surface area contributed by atoms with Crippen LogP contribution in [-0.4, -0.2) is 32.6 Å². The Morgan fingerprint density at radius 1 is 1.62 bits per heavy atom. The minimum atomic E-state index is 0.194. The van der Waals surface area contributed by atoms with Crippen molar-refractivity contribution in [2.24, 2.45) is 4.99 Å². The lowest BCUT2D eigenvalue weighted by atomic mass is 10.0. The maximum atomic E-state index is 4.57. The molecule has 2 rings (SSSR count). The maximum Gasteiger partial charge on any atom is 0.157 e. The zero-order chi connectivity index (χ0) is 11.4. The molecule has 1 aromatic heterocycles. The van der Waals surface area contributed by atoms with Gasteiger partial charge in [-0.1, -0.05) is 11.8 Å². The van der Waals surface area contributed by atoms with Gasteiger partial charge in [-0.05, 0) is 20.3 Å². The molecule has 16 heavy (non-hydrogen) atoms. The van der Waals surface area contributed by atoms with Crippen LogP contribution in [0, 0.1) is 0 Å². The largest absolute Gasteiger partial charge is 0.360 e. The Labute approximate surface area is 101 Å². The van der Waals surface area contributed by atoms with Crippen molar-refractivity contribution in [2.45, 2.75) is 32.4 Å². The molecule has 0 aromatic carbocycles. The first kappa shape index (κ1) is 11.5. The molecular formula is C11H18N4S. The van der Waals surface area contributed by atoms with Crippen molar-refractivity contribution in [1.82, 2.24) is 14.9 Å². The van der Waals surface area contributed by atoms with E-state index in [4.69, 9.17) is 0 Å². The van der Waals surface area contributed by atoms with Crippen molar-refractivity contribution in [2.75, 3.05) is 12.3 Å². The van der Waals surface area contributed by atoms with Gasteiger partial charge in [-0.25, -0.2) is 4.98 Å². The monoisotopic (exact) mass is 238 g/mol. The third kappa shape index (κ3) is 3.27. The lowest BCUT2D eigenvalue weighted by molar-refractivity contribution is 0.446. The number of hydrogen-bond acceptors (Lipinski definition) is 3. The summed E-state index contributed by atoms with van der Waals surface area (Å²) >= 11 is 1.82. The molecule has 0 aliphatic carbocycles. The van der Waals surface area contributed by atoms with Gasteiger partial charge in [0.05, 0.1) is 12.9 Å². The van der Waals surface area contributed by atoms with Crippen LogP contribution in [0.1, 0.15) is 20.3 Å². The lowest BCUT2D eigenvalue weighted by Gasteiger charge is -2.32. The molecule has 4 nitrogen and oxygen atoms in total. The zero-order valence-corrected chi connectivity index (χ0v) is 10.6. The molecular weight excluding hydrogens is 220 g/mol. The van der Waals surface area contributed by atoms with E-state index in [0.29, 0.717) is 0 Å². The molecule has 1 fully saturated rings. The molecule has 0 atom stereocenters. The Morgan fingerprint density at radius 2 is 2.50 bits per heavy atom. The van der Waals surface area contributed by atoms with Gasteiger partial charge in [-0.15, -0.1) is 0 Å². The highest BCUT2D eigenvalue weighted by Gasteiger charge is 2.23. The molecule has 1 aliphatic heterocycles. The summed E-state index contributed by atoms with van der Waals surface area (Å²) in [4.78, 5) is 8.58. The molecule has 0 amide bonds. The topological polar surface area (TPSA) is 42.2 Å². The van der Waals surface area contributed by atoms with Gasteiger partial charge in [0.1, 0.15) is 0 Å². The van der Waals surface area contributed by atoms with Gasteiger partial charge in [0.15, 0.2) is 5.17 Å². The fourth-order valence-corrected chi connectivity index (χ4v) is 2.90. The SMILES string of the molecule is CC1(C)CCSC(=NCCn2ccnc2)N1. The molecule has 0 unspecified atom stereocenters. The predicted octanol–water partition coefficient (Wildman–Crippen LogP) is 1.74. The summed E-state index contributed by atoms with van der Waals surface area (Å²) in [7, 11) is 0. The average Bonchev–Trinajstić information content (AvgIpc) is 2.69. The van der Waals surface area contributed by atoms with Crippen molar-refractivity contribution in [1.29, 1.82) is 0 Å². The Kier molecular flexibility index (Phi) is 3.53. The normalized spacial score (nSPS) is 22.0. The Bertz CT molecular complexity index is 356. The molecule has 0 spiro atoms. The van der Waals surface area contributed by atoms with Gasteiger partial charge in [0.2, 0.25) is 0 Å². The number of rotatable bonds is 3. The second-order valence-electron chi connectivity index (χ2n) is 4.59. The number of imidazole rings is 1. The average molecular weight is 238 g/mol. The van der Waals surface area contributed by atoms with Gasteiger partial charge >= 0.3 is 0 Å². The summed E-state index contributed by atoms with van der Waals surface area (Å²) in [6.45, 7) is 6.14. The van der Waals surface area contributed by atoms with E-state index in [2.05, 4.69) is 29.1 Å². The van der Waals surface area contributed by atoms with Gasteiger partial charge in [-0.3, -0.25) is 4.99 Å². The van der Waals surface area contributed by atoms with Crippen LogP contribution in [0.25, 0.3) is 0 Å². The van der Waals surface area contributed by atoms with E-state index in [-0.39, 0.29) is 5.54 Å². The summed E-state index contributed by atoms with van der Waals surface area (Å²) in [5.74, 6) is 1.16. The molecule has 1 aliphatic rings. The third-order valence-electron chi connectivity index (χ3n) is 2.58. The van der Waals surface area contributed by atoms with Crippen LogP contribution in [-0.2, 0) is 6.54 Å². The number of nitrogens with zero attached hydrogens (tertiary/aromatic N) is 3. The fraction of sp³-hybridized carbons (Fsp3) is 0.636. The molecule has 2 heterocycles. The van der Waals surface area contributed by atoms with Crippen LogP contribution < -0.4 is 5.32 Å². The highest BCUT2D eigenvalue weighted by molar-refractivity contribution is 8.13. The van der Waals surface area contributed by atoms with Crippen molar-refractivity contribution < 1.29 is 0 Å². The van der Waals surface area contributed by atoms with Crippen molar-refractivity contribution in [3.63, 3.8) is 0 Å². The summed E-state index contributed by atoms with van der Waals surface area (Å²) in [5, 5.41) is 4.54. The second-order valence-corrected chi connectivity index (χ2v) is 5.68. The van der Waals surface area contributed by atoms with E-state index < -0.39 is 0 Å². The van der Waals surface area contributed by atoms with Crippen molar-refractivity contribution in [3.8, 4) is 0 Å². The number of aromatic nitrogens is 2. The summed E-state index contributed by atoms with van der Waals surface area (Å²) in [6, 6.07) is 0. The molecule has 1 aromatic rings. The molecule has 1 N–H and O–H groups in total. The summed E-state index contributed by atoms with van der Waals surface area (Å²) in [5.41, 5.74) is 0.194. The molecule has 88 valence electrons. The number of amidine groups is 1. The second kappa shape index (κ2) is 4.91. The van der Waals surface area contributed by atoms with Crippen LogP contribution in [0.4, 0.5) is 0 Å². The first-order chi connectivity index (χ1) is 7.66. The maximum absolute atomic E-state index is 4.57. The van der Waals surface area contributed by atoms with Crippen LogP contribution in [0.15, 0.2) is 23.7 Å². The zero-order valence-electron chi connectivity index (χ0n) is 9.81. The summed E-state index contributed by atoms with van der Waals surface area (Å²) in [6.07, 6.45) is 6.78. The van der Waals surface area contributed by atoms with Crippen LogP contribution in [0.5, 0.6) is 0 Å². The molecule has 0 radical (unpaired) electrons. The van der Waals surface area contributed by atoms with E-state index in [9.17, 15) is 0 Å².